The third-order valence-electron chi connectivity index (χ3n) is 7.73. The minimum atomic E-state index is -1.04. The Labute approximate surface area is 302 Å². The largest absolute Gasteiger partial charge is 0.309 e. The van der Waals surface area contributed by atoms with E-state index in [1.807, 2.05) is 0 Å². The van der Waals surface area contributed by atoms with E-state index in [2.05, 4.69) is 0 Å². The summed E-state index contributed by atoms with van der Waals surface area (Å²) in [4.78, 5) is 0. The van der Waals surface area contributed by atoms with Crippen LogP contribution >= 0.6 is 0 Å². The molecule has 0 N–H and O–H groups in total. The molecule has 0 aliphatic rings. The second-order valence-electron chi connectivity index (χ2n) is 10.3. The summed E-state index contributed by atoms with van der Waals surface area (Å²) in [5.74, 6) is 0. The molecule has 0 spiro atoms. The fraction of sp³-hybridized carbons (Fsp3) is 0.0233. The molecule has 3 heteroatoms. The number of para-hydroxylation sites is 4. The summed E-state index contributed by atoms with van der Waals surface area (Å²) in [7, 11) is 0. The van der Waals surface area contributed by atoms with Gasteiger partial charge in [0.15, 0.2) is 0 Å². The predicted molar refractivity (Wildman–Crippen MR) is 194 cm³/mol. The molecule has 3 aromatic heterocycles. The van der Waals surface area contributed by atoms with E-state index in [-0.39, 0.29) is 21.9 Å². The summed E-state index contributed by atoms with van der Waals surface area (Å²) < 4.78 is 237. The van der Waals surface area contributed by atoms with Crippen LogP contribution in [0.4, 0.5) is 0 Å². The average Bonchev–Trinajstić information content (AvgIpc) is 4.01. The van der Waals surface area contributed by atoms with Crippen LogP contribution in [0.2, 0.25) is 0 Å². The molecular formula is C43H29N3. The van der Waals surface area contributed by atoms with Crippen LogP contribution in [0.1, 0.15) is 41.2 Å². The summed E-state index contributed by atoms with van der Waals surface area (Å²) in [5.41, 5.74) is -5.82. The summed E-state index contributed by atoms with van der Waals surface area (Å²) >= 11 is 0. The molecule has 0 saturated heterocycles. The molecule has 0 aliphatic carbocycles. The Morgan fingerprint density at radius 1 is 0.326 bits per heavy atom. The maximum Gasteiger partial charge on any atom is 0.0667 e. The van der Waals surface area contributed by atoms with E-state index in [0.29, 0.717) is 0 Å². The highest BCUT2D eigenvalue weighted by molar-refractivity contribution is 6.13. The maximum absolute atomic E-state index is 9.94. The lowest BCUT2D eigenvalue weighted by Gasteiger charge is -2.13. The zero-order valence-corrected chi connectivity index (χ0v) is 23.3. The Hall–Kier alpha value is -6.06. The monoisotopic (exact) mass is 613 g/mol. The fourth-order valence-corrected chi connectivity index (χ4v) is 5.86. The number of aromatic nitrogens is 3. The van der Waals surface area contributed by atoms with E-state index in [1.165, 1.54) is 6.92 Å². The lowest BCUT2D eigenvalue weighted by atomic mass is 10.1. The molecule has 10 aromatic rings. The molecule has 46 heavy (non-hydrogen) atoms. The van der Waals surface area contributed by atoms with Gasteiger partial charge in [0, 0.05) is 49.4 Å². The molecular weight excluding hydrogens is 558 g/mol. The minimum absolute atomic E-state index is 0.108. The van der Waals surface area contributed by atoms with E-state index < -0.39 is 223 Å². The van der Waals surface area contributed by atoms with E-state index >= 15 is 0 Å². The zero-order valence-electron chi connectivity index (χ0n) is 49.3. The van der Waals surface area contributed by atoms with Gasteiger partial charge in [-0.05, 0) is 79.0 Å². The van der Waals surface area contributed by atoms with E-state index in [0.717, 1.165) is 13.7 Å². The van der Waals surface area contributed by atoms with Crippen LogP contribution in [0.3, 0.4) is 0 Å². The van der Waals surface area contributed by atoms with Crippen LogP contribution in [-0.2, 0) is 0 Å². The van der Waals surface area contributed by atoms with Crippen molar-refractivity contribution in [3.8, 4) is 17.1 Å². The number of nitrogens with zero attached hydrogens (tertiary/aromatic N) is 3. The zero-order chi connectivity index (χ0) is 53.0. The summed E-state index contributed by atoms with van der Waals surface area (Å²) in [6.45, 7) is 1.32. The minimum Gasteiger partial charge on any atom is -0.309 e. The molecule has 0 amide bonds. The van der Waals surface area contributed by atoms with Gasteiger partial charge in [-0.3, -0.25) is 0 Å². The van der Waals surface area contributed by atoms with Crippen LogP contribution in [0, 0.1) is 6.92 Å². The highest BCUT2D eigenvalue weighted by atomic mass is 15.0. The maximum atomic E-state index is 9.94. The van der Waals surface area contributed by atoms with Crippen LogP contribution in [-0.4, -0.2) is 13.7 Å². The Morgan fingerprint density at radius 2 is 0.739 bits per heavy atom. The molecule has 3 heterocycles. The van der Waals surface area contributed by atoms with Crippen molar-refractivity contribution in [3.63, 3.8) is 0 Å². The van der Waals surface area contributed by atoms with Crippen molar-refractivity contribution in [3.05, 3.63) is 163 Å². The molecule has 0 fully saturated rings. The second-order valence-corrected chi connectivity index (χ2v) is 10.3. The average molecular weight is 614 g/mol. The second kappa shape index (κ2) is 9.47. The normalized spacial score (nSPS) is 19.9. The van der Waals surface area contributed by atoms with Crippen molar-refractivity contribution in [1.82, 2.24) is 13.7 Å². The fourth-order valence-electron chi connectivity index (χ4n) is 5.86. The SMILES string of the molecule is [2H]c1c([2H])c(-n2c3c([2H])c([2H])c([2H])c([2H])c3c3c([2H])c([2H])c([2H])c([2H])c32)c([2H])c(-n2c3c([2H])c([2H])c([2H])c([2H])c3c3c([2H])c(-n4c5c([2H])c([2H])c([2H])c([2H])c5c5c([2H])c([2H])c(C)c([2H])c54)c([2H])c([2H])c32)c1[2H]. The Morgan fingerprint density at radius 3 is 1.28 bits per heavy atom. The van der Waals surface area contributed by atoms with Gasteiger partial charge in [-0.2, -0.15) is 0 Å². The quantitative estimate of drug-likeness (QED) is 0.188. The van der Waals surface area contributed by atoms with E-state index in [4.69, 9.17) is 23.3 Å². The lowest BCUT2D eigenvalue weighted by molar-refractivity contribution is 1.13. The number of hydrogen-bond donors (Lipinski definition) is 0. The summed E-state index contributed by atoms with van der Waals surface area (Å²) in [6, 6.07) is -21.7. The first-order chi connectivity index (χ1) is 33.6. The molecule has 10 rings (SSSR count). The third-order valence-corrected chi connectivity index (χ3v) is 7.73. The van der Waals surface area contributed by atoms with Crippen LogP contribution in [0.15, 0.2) is 157 Å². The number of fused-ring (bicyclic) bond motifs is 9. The van der Waals surface area contributed by atoms with Gasteiger partial charge in [0.05, 0.1) is 68.7 Å². The van der Waals surface area contributed by atoms with Gasteiger partial charge in [-0.15, -0.1) is 0 Å². The van der Waals surface area contributed by atoms with E-state index in [1.54, 1.807) is 0 Å². The molecule has 0 bridgehead atoms. The van der Waals surface area contributed by atoms with Crippen molar-refractivity contribution >= 4 is 65.4 Å². The first-order valence-electron chi connectivity index (χ1n) is 26.8. The smallest absolute Gasteiger partial charge is 0.0667 e. The van der Waals surface area contributed by atoms with Crippen molar-refractivity contribution in [2.75, 3.05) is 0 Å². The topological polar surface area (TPSA) is 14.8 Å². The van der Waals surface area contributed by atoms with Gasteiger partial charge in [0.25, 0.3) is 0 Å². The van der Waals surface area contributed by atoms with Crippen molar-refractivity contribution in [1.29, 1.82) is 0 Å². The molecule has 0 aliphatic heterocycles. The number of benzene rings is 7. The highest BCUT2D eigenvalue weighted by Gasteiger charge is 2.18. The predicted octanol–water partition coefficient (Wildman–Crippen LogP) is 11.3. The van der Waals surface area contributed by atoms with Crippen LogP contribution < -0.4 is 0 Å². The molecule has 3 nitrogen and oxygen atoms in total. The highest BCUT2D eigenvalue weighted by Crippen LogP contribution is 2.38. The van der Waals surface area contributed by atoms with Gasteiger partial charge in [0.2, 0.25) is 0 Å². The van der Waals surface area contributed by atoms with Gasteiger partial charge >= 0.3 is 0 Å². The third kappa shape index (κ3) is 3.48. The molecule has 216 valence electrons. The molecule has 0 atom stereocenters. The summed E-state index contributed by atoms with van der Waals surface area (Å²) in [5, 5.41) is -2.80. The van der Waals surface area contributed by atoms with Crippen molar-refractivity contribution < 1.29 is 35.6 Å². The number of rotatable bonds is 3. The van der Waals surface area contributed by atoms with Gasteiger partial charge in [-0.1, -0.05) is 90.6 Å². The molecule has 0 radical (unpaired) electrons. The molecule has 0 saturated carbocycles. The number of hydrogen-bond acceptors (Lipinski definition) is 0. The van der Waals surface area contributed by atoms with Crippen LogP contribution in [0.25, 0.3) is 82.5 Å². The first-order valence-corrected chi connectivity index (χ1v) is 13.8. The molecule has 7 aromatic carbocycles. The Balaban J connectivity index is 1.47. The van der Waals surface area contributed by atoms with Crippen molar-refractivity contribution in [2.45, 2.75) is 6.92 Å². The van der Waals surface area contributed by atoms with Crippen LogP contribution in [0.5, 0.6) is 0 Å². The standard InChI is InChI=1S/C43H29N3/c1-28-21-23-36-34-15-4-8-19-40(34)46(43(36)25-28)31-22-24-42-37(27-31)35-16-5-9-20-41(35)45(42)30-12-10-11-29(26-30)44-38-17-6-2-13-32(38)33-14-3-7-18-39(33)44/h2-27H,1H3/i2D,3D,4D,5D,6D,7D,8D,9D,10D,11D,12D,13D,14D,15D,16D,17D,18D,19D,20D,21D,22D,23D,24D,25D,26D,27D. The van der Waals surface area contributed by atoms with Gasteiger partial charge in [0.1, 0.15) is 0 Å². The van der Waals surface area contributed by atoms with Gasteiger partial charge < -0.3 is 13.7 Å². The molecule has 0 unspecified atom stereocenters. The first kappa shape index (κ1) is 10.8. The van der Waals surface area contributed by atoms with E-state index in [9.17, 15) is 12.3 Å². The Kier molecular flexibility index (Phi) is 2.22. The Bertz CT molecular complexity index is 4140. The van der Waals surface area contributed by atoms with Gasteiger partial charge in [-0.25, -0.2) is 0 Å². The van der Waals surface area contributed by atoms with Crippen molar-refractivity contribution in [2.24, 2.45) is 0 Å². The summed E-state index contributed by atoms with van der Waals surface area (Å²) in [6.07, 6.45) is 0. The lowest BCUT2D eigenvalue weighted by Crippen LogP contribution is -1.99.